The molecule has 1 N–H and O–H groups in total. The fraction of sp³-hybridized carbons (Fsp3) is 0.579. The normalized spacial score (nSPS) is 19.9. The molecule has 1 aromatic rings. The minimum atomic E-state index is -0.208. The van der Waals surface area contributed by atoms with Crippen LogP contribution in [0.1, 0.15) is 41.6 Å². The zero-order valence-electron chi connectivity index (χ0n) is 15.1. The number of para-hydroxylation sites is 1. The van der Waals surface area contributed by atoms with Gasteiger partial charge in [0.1, 0.15) is 0 Å². The summed E-state index contributed by atoms with van der Waals surface area (Å²) in [6.45, 7) is 4.83. The number of nitrogens with zero attached hydrogens (tertiary/aromatic N) is 2. The number of carbonyl (C=O) groups excluding carboxylic acids is 2. The van der Waals surface area contributed by atoms with Crippen molar-refractivity contribution in [3.63, 3.8) is 0 Å². The van der Waals surface area contributed by atoms with Crippen molar-refractivity contribution in [2.24, 2.45) is 0 Å². The summed E-state index contributed by atoms with van der Waals surface area (Å²) in [6, 6.07) is 5.37. The van der Waals surface area contributed by atoms with E-state index in [4.69, 9.17) is 4.74 Å². The molecule has 0 radical (unpaired) electrons. The van der Waals surface area contributed by atoms with Gasteiger partial charge in [0.15, 0.2) is 0 Å². The maximum Gasteiger partial charge on any atom is 0.321 e. The third-order valence-electron chi connectivity index (χ3n) is 4.98. The van der Waals surface area contributed by atoms with Crippen molar-refractivity contribution >= 4 is 17.6 Å². The predicted molar refractivity (Wildman–Crippen MR) is 96.9 cm³/mol. The van der Waals surface area contributed by atoms with Crippen molar-refractivity contribution in [1.82, 2.24) is 9.80 Å². The van der Waals surface area contributed by atoms with Gasteiger partial charge in [0.05, 0.1) is 17.4 Å². The van der Waals surface area contributed by atoms with Gasteiger partial charge in [0.25, 0.3) is 5.91 Å². The van der Waals surface area contributed by atoms with Crippen LogP contribution in [0.25, 0.3) is 0 Å². The molecular weight excluding hydrogens is 318 g/mol. The van der Waals surface area contributed by atoms with Gasteiger partial charge in [-0.2, -0.15) is 0 Å². The summed E-state index contributed by atoms with van der Waals surface area (Å²) in [5, 5.41) is 2.94. The van der Waals surface area contributed by atoms with E-state index in [-0.39, 0.29) is 18.0 Å². The van der Waals surface area contributed by atoms with Crippen LogP contribution in [0.2, 0.25) is 0 Å². The van der Waals surface area contributed by atoms with Crippen LogP contribution in [0.5, 0.6) is 0 Å². The number of carbonyl (C=O) groups is 2. The molecule has 2 fully saturated rings. The van der Waals surface area contributed by atoms with Crippen LogP contribution in [-0.4, -0.2) is 61.1 Å². The maximum absolute atomic E-state index is 12.8. The molecule has 3 rings (SSSR count). The standard InChI is InChI=1S/C19H27N3O3/c1-14-7-5-9-16(18(23)22-10-3-4-11-22)17(14)20-19(24)21(2)13-15-8-6-12-25-15/h5,7,9,15H,3-4,6,8,10-13H2,1-2H3,(H,20,24)/t15-/m0/s1. The van der Waals surface area contributed by atoms with Crippen LogP contribution in [0.15, 0.2) is 18.2 Å². The highest BCUT2D eigenvalue weighted by molar-refractivity contribution is 6.04. The number of aryl methyl sites for hydroxylation is 1. The number of hydrogen-bond acceptors (Lipinski definition) is 3. The lowest BCUT2D eigenvalue weighted by molar-refractivity contribution is 0.0793. The third-order valence-corrected chi connectivity index (χ3v) is 4.98. The highest BCUT2D eigenvalue weighted by atomic mass is 16.5. The van der Waals surface area contributed by atoms with E-state index in [2.05, 4.69) is 5.32 Å². The highest BCUT2D eigenvalue weighted by Crippen LogP contribution is 2.24. The Hall–Kier alpha value is -2.08. The predicted octanol–water partition coefficient (Wildman–Crippen LogP) is 2.87. The first-order valence-electron chi connectivity index (χ1n) is 9.09. The summed E-state index contributed by atoms with van der Waals surface area (Å²) in [7, 11) is 1.76. The largest absolute Gasteiger partial charge is 0.376 e. The molecule has 2 heterocycles. The Kier molecular flexibility index (Phi) is 5.58. The number of amides is 3. The van der Waals surface area contributed by atoms with E-state index in [0.717, 1.165) is 50.9 Å². The van der Waals surface area contributed by atoms with Crippen LogP contribution in [0.3, 0.4) is 0 Å². The number of ether oxygens (including phenoxy) is 1. The minimum absolute atomic E-state index is 0.00159. The second kappa shape index (κ2) is 7.87. The number of hydrogen-bond donors (Lipinski definition) is 1. The Bertz CT molecular complexity index is 635. The number of anilines is 1. The SMILES string of the molecule is Cc1cccc(C(=O)N2CCCC2)c1NC(=O)N(C)C[C@@H]1CCCO1. The van der Waals surface area contributed by atoms with Gasteiger partial charge in [-0.05, 0) is 44.2 Å². The molecule has 2 aliphatic heterocycles. The fourth-order valence-corrected chi connectivity index (χ4v) is 3.48. The van der Waals surface area contributed by atoms with Gasteiger partial charge < -0.3 is 19.9 Å². The molecule has 0 aromatic heterocycles. The van der Waals surface area contributed by atoms with Crippen molar-refractivity contribution in [3.05, 3.63) is 29.3 Å². The molecule has 1 atom stereocenters. The Labute approximate surface area is 149 Å². The highest BCUT2D eigenvalue weighted by Gasteiger charge is 2.25. The topological polar surface area (TPSA) is 61.9 Å². The van der Waals surface area contributed by atoms with Crippen LogP contribution in [0.4, 0.5) is 10.5 Å². The first-order valence-corrected chi connectivity index (χ1v) is 9.09. The molecule has 2 saturated heterocycles. The van der Waals surface area contributed by atoms with Gasteiger partial charge in [-0.25, -0.2) is 4.79 Å². The molecule has 1 aromatic carbocycles. The summed E-state index contributed by atoms with van der Waals surface area (Å²) in [5.74, 6) is -0.00159. The fourth-order valence-electron chi connectivity index (χ4n) is 3.48. The summed E-state index contributed by atoms with van der Waals surface area (Å²) in [6.07, 6.45) is 4.23. The van der Waals surface area contributed by atoms with Crippen LogP contribution in [0, 0.1) is 6.92 Å². The molecule has 25 heavy (non-hydrogen) atoms. The lowest BCUT2D eigenvalue weighted by Crippen LogP contribution is -2.38. The number of urea groups is 1. The van der Waals surface area contributed by atoms with Gasteiger partial charge in [0, 0.05) is 33.3 Å². The average molecular weight is 345 g/mol. The summed E-state index contributed by atoms with van der Waals surface area (Å²) < 4.78 is 5.59. The minimum Gasteiger partial charge on any atom is -0.376 e. The second-order valence-electron chi connectivity index (χ2n) is 6.94. The average Bonchev–Trinajstić information content (AvgIpc) is 3.29. The smallest absolute Gasteiger partial charge is 0.321 e. The lowest BCUT2D eigenvalue weighted by Gasteiger charge is -2.23. The zero-order valence-corrected chi connectivity index (χ0v) is 15.1. The first-order chi connectivity index (χ1) is 12.1. The van der Waals surface area contributed by atoms with Crippen LogP contribution in [-0.2, 0) is 4.74 Å². The molecule has 0 bridgehead atoms. The van der Waals surface area contributed by atoms with Crippen molar-refractivity contribution in [3.8, 4) is 0 Å². The van der Waals surface area contributed by atoms with E-state index < -0.39 is 0 Å². The van der Waals surface area contributed by atoms with Gasteiger partial charge in [-0.1, -0.05) is 12.1 Å². The lowest BCUT2D eigenvalue weighted by atomic mass is 10.1. The van der Waals surface area contributed by atoms with Crippen molar-refractivity contribution < 1.29 is 14.3 Å². The summed E-state index contributed by atoms with van der Waals surface area (Å²) in [4.78, 5) is 28.9. The van der Waals surface area contributed by atoms with Crippen LogP contribution < -0.4 is 5.32 Å². The molecular formula is C19H27N3O3. The molecule has 2 aliphatic rings. The van der Waals surface area contributed by atoms with E-state index in [0.29, 0.717) is 17.8 Å². The van der Waals surface area contributed by atoms with E-state index in [1.807, 2.05) is 24.0 Å². The Morgan fingerprint density at radius 3 is 2.72 bits per heavy atom. The monoisotopic (exact) mass is 345 g/mol. The third kappa shape index (κ3) is 4.12. The quantitative estimate of drug-likeness (QED) is 0.913. The molecule has 0 saturated carbocycles. The van der Waals surface area contributed by atoms with E-state index in [1.54, 1.807) is 18.0 Å². The number of rotatable bonds is 4. The van der Waals surface area contributed by atoms with E-state index in [9.17, 15) is 9.59 Å². The summed E-state index contributed by atoms with van der Waals surface area (Å²) in [5.41, 5.74) is 2.08. The van der Waals surface area contributed by atoms with Gasteiger partial charge in [-0.15, -0.1) is 0 Å². The molecule has 3 amide bonds. The van der Waals surface area contributed by atoms with Gasteiger partial charge in [-0.3, -0.25) is 4.79 Å². The molecule has 136 valence electrons. The number of benzene rings is 1. The van der Waals surface area contributed by atoms with Crippen molar-refractivity contribution in [1.29, 1.82) is 0 Å². The molecule has 6 heteroatoms. The van der Waals surface area contributed by atoms with Gasteiger partial charge in [0.2, 0.25) is 0 Å². The molecule has 0 aliphatic carbocycles. The Balaban J connectivity index is 1.72. The van der Waals surface area contributed by atoms with Crippen molar-refractivity contribution in [2.45, 2.75) is 38.7 Å². The number of likely N-dealkylation sites (N-methyl/N-ethyl adjacent to an activating group) is 1. The van der Waals surface area contributed by atoms with E-state index >= 15 is 0 Å². The molecule has 0 unspecified atom stereocenters. The molecule has 0 spiro atoms. The first kappa shape index (κ1) is 17.7. The second-order valence-corrected chi connectivity index (χ2v) is 6.94. The number of nitrogens with one attached hydrogen (secondary N) is 1. The van der Waals surface area contributed by atoms with Gasteiger partial charge >= 0.3 is 6.03 Å². The van der Waals surface area contributed by atoms with Crippen molar-refractivity contribution in [2.75, 3.05) is 38.6 Å². The molecule has 6 nitrogen and oxygen atoms in total. The van der Waals surface area contributed by atoms with Crippen LogP contribution >= 0.6 is 0 Å². The number of likely N-dealkylation sites (tertiary alicyclic amines) is 1. The maximum atomic E-state index is 12.8. The van der Waals surface area contributed by atoms with E-state index in [1.165, 1.54) is 0 Å². The zero-order chi connectivity index (χ0) is 17.8. The summed E-state index contributed by atoms with van der Waals surface area (Å²) >= 11 is 0. The Morgan fingerprint density at radius 1 is 1.28 bits per heavy atom. The Morgan fingerprint density at radius 2 is 2.04 bits per heavy atom.